The molecule has 2 aliphatic heterocycles. The fourth-order valence-corrected chi connectivity index (χ4v) is 3.41. The Hall–Kier alpha value is -1.86. The van der Waals surface area contributed by atoms with Crippen molar-refractivity contribution < 1.29 is 23.4 Å². The lowest BCUT2D eigenvalue weighted by atomic mass is 9.98. The van der Waals surface area contributed by atoms with Crippen LogP contribution in [0.4, 0.5) is 4.39 Å². The highest BCUT2D eigenvalue weighted by molar-refractivity contribution is 5.95. The second-order valence-electron chi connectivity index (χ2n) is 6.18. The van der Waals surface area contributed by atoms with Crippen molar-refractivity contribution in [1.29, 1.82) is 0 Å². The molecule has 6 nitrogen and oxygen atoms in total. The molecule has 0 saturated carbocycles. The van der Waals surface area contributed by atoms with Gasteiger partial charge in [0.2, 0.25) is 0 Å². The maximum Gasteiger partial charge on any atom is 0.257 e. The Balaban J connectivity index is 1.81. The summed E-state index contributed by atoms with van der Waals surface area (Å²) >= 11 is 0. The third kappa shape index (κ3) is 3.06. The molecular weight excluding hydrogens is 315 g/mol. The van der Waals surface area contributed by atoms with E-state index in [-0.39, 0.29) is 29.4 Å². The normalized spacial score (nSPS) is 24.4. The summed E-state index contributed by atoms with van der Waals surface area (Å²) in [6.07, 6.45) is 0.901. The first kappa shape index (κ1) is 17.0. The molecule has 3 rings (SSSR count). The number of rotatable bonds is 3. The van der Waals surface area contributed by atoms with Crippen molar-refractivity contribution in [2.24, 2.45) is 0 Å². The van der Waals surface area contributed by atoms with Gasteiger partial charge in [0, 0.05) is 25.7 Å². The lowest BCUT2D eigenvalue weighted by Gasteiger charge is -2.45. The van der Waals surface area contributed by atoms with Gasteiger partial charge in [-0.05, 0) is 19.5 Å². The largest absolute Gasteiger partial charge is 0.493 e. The topological polar surface area (TPSA) is 51.2 Å². The van der Waals surface area contributed by atoms with Gasteiger partial charge >= 0.3 is 0 Å². The van der Waals surface area contributed by atoms with Gasteiger partial charge in [-0.2, -0.15) is 0 Å². The van der Waals surface area contributed by atoms with Gasteiger partial charge in [-0.1, -0.05) is 0 Å². The molecule has 0 radical (unpaired) electrons. The summed E-state index contributed by atoms with van der Waals surface area (Å²) in [5.41, 5.74) is 0.00507. The van der Waals surface area contributed by atoms with E-state index in [0.29, 0.717) is 18.8 Å². The molecule has 2 heterocycles. The lowest BCUT2D eigenvalue weighted by molar-refractivity contribution is -0.0893. The smallest absolute Gasteiger partial charge is 0.257 e. The van der Waals surface area contributed by atoms with E-state index in [2.05, 4.69) is 4.90 Å². The van der Waals surface area contributed by atoms with Crippen LogP contribution in [0.25, 0.3) is 0 Å². The SMILES string of the molecule is COc1cc(F)c(C(=O)N2CC[C@@H]3OCCN(C)[C@@H]3C2)cc1OC. The molecule has 2 atom stereocenters. The molecule has 0 spiro atoms. The minimum Gasteiger partial charge on any atom is -0.493 e. The Bertz CT molecular complexity index is 625. The van der Waals surface area contributed by atoms with E-state index < -0.39 is 5.82 Å². The average molecular weight is 338 g/mol. The van der Waals surface area contributed by atoms with Crippen molar-refractivity contribution in [1.82, 2.24) is 9.80 Å². The maximum absolute atomic E-state index is 14.4. The van der Waals surface area contributed by atoms with Gasteiger partial charge in [0.25, 0.3) is 5.91 Å². The molecule has 7 heteroatoms. The Kier molecular flexibility index (Phi) is 4.91. The number of methoxy groups -OCH3 is 2. The summed E-state index contributed by atoms with van der Waals surface area (Å²) in [5.74, 6) is -0.320. The number of fused-ring (bicyclic) bond motifs is 1. The number of hydrogen-bond donors (Lipinski definition) is 0. The van der Waals surface area contributed by atoms with E-state index in [0.717, 1.165) is 19.6 Å². The molecule has 1 aromatic carbocycles. The van der Waals surface area contributed by atoms with Crippen LogP contribution in [0, 0.1) is 5.82 Å². The van der Waals surface area contributed by atoms with Crippen molar-refractivity contribution in [2.75, 3.05) is 47.5 Å². The summed E-state index contributed by atoms with van der Waals surface area (Å²) in [6.45, 7) is 2.65. The second kappa shape index (κ2) is 6.94. The van der Waals surface area contributed by atoms with Gasteiger partial charge < -0.3 is 19.1 Å². The molecular formula is C17H23FN2O4. The van der Waals surface area contributed by atoms with Crippen LogP contribution >= 0.6 is 0 Å². The second-order valence-corrected chi connectivity index (χ2v) is 6.18. The lowest BCUT2D eigenvalue weighted by Crippen LogP contribution is -2.59. The number of piperidine rings is 1. The number of benzene rings is 1. The predicted molar refractivity (Wildman–Crippen MR) is 86.2 cm³/mol. The van der Waals surface area contributed by atoms with Gasteiger partial charge in [-0.25, -0.2) is 4.39 Å². The first-order chi connectivity index (χ1) is 11.5. The molecule has 2 saturated heterocycles. The average Bonchev–Trinajstić information content (AvgIpc) is 2.61. The van der Waals surface area contributed by atoms with Crippen molar-refractivity contribution in [3.8, 4) is 11.5 Å². The minimum absolute atomic E-state index is 0.00507. The van der Waals surface area contributed by atoms with E-state index in [1.165, 1.54) is 26.4 Å². The molecule has 0 bridgehead atoms. The molecule has 1 aromatic rings. The van der Waals surface area contributed by atoms with Crippen molar-refractivity contribution in [3.05, 3.63) is 23.5 Å². The number of carbonyl (C=O) groups excluding carboxylic acids is 1. The first-order valence-electron chi connectivity index (χ1n) is 8.07. The van der Waals surface area contributed by atoms with Crippen molar-refractivity contribution >= 4 is 5.91 Å². The van der Waals surface area contributed by atoms with E-state index >= 15 is 0 Å². The van der Waals surface area contributed by atoms with E-state index in [1.807, 2.05) is 7.05 Å². The van der Waals surface area contributed by atoms with Gasteiger partial charge in [-0.3, -0.25) is 9.69 Å². The summed E-state index contributed by atoms with van der Waals surface area (Å²) < 4.78 is 30.4. The summed E-state index contributed by atoms with van der Waals surface area (Å²) in [7, 11) is 4.93. The van der Waals surface area contributed by atoms with Crippen LogP contribution in [0.5, 0.6) is 11.5 Å². The number of nitrogens with zero attached hydrogens (tertiary/aromatic N) is 2. The summed E-state index contributed by atoms with van der Waals surface area (Å²) in [5, 5.41) is 0. The summed E-state index contributed by atoms with van der Waals surface area (Å²) in [6, 6.07) is 2.75. The molecule has 132 valence electrons. The third-order valence-corrected chi connectivity index (χ3v) is 4.85. The third-order valence-electron chi connectivity index (χ3n) is 4.85. The van der Waals surface area contributed by atoms with Gasteiger partial charge in [-0.15, -0.1) is 0 Å². The van der Waals surface area contributed by atoms with E-state index in [9.17, 15) is 9.18 Å². The number of hydrogen-bond acceptors (Lipinski definition) is 5. The van der Waals surface area contributed by atoms with Crippen molar-refractivity contribution in [3.63, 3.8) is 0 Å². The highest BCUT2D eigenvalue weighted by Crippen LogP contribution is 2.31. The monoisotopic (exact) mass is 338 g/mol. The van der Waals surface area contributed by atoms with Crippen LogP contribution in [-0.2, 0) is 4.74 Å². The fourth-order valence-electron chi connectivity index (χ4n) is 3.41. The van der Waals surface area contributed by atoms with Crippen LogP contribution in [0.1, 0.15) is 16.8 Å². The number of halogens is 1. The Morgan fingerprint density at radius 1 is 1.25 bits per heavy atom. The Morgan fingerprint density at radius 2 is 1.96 bits per heavy atom. The van der Waals surface area contributed by atoms with Crippen LogP contribution < -0.4 is 9.47 Å². The van der Waals surface area contributed by atoms with Crippen LogP contribution in [0.15, 0.2) is 12.1 Å². The maximum atomic E-state index is 14.4. The van der Waals surface area contributed by atoms with E-state index in [4.69, 9.17) is 14.2 Å². The van der Waals surface area contributed by atoms with Gasteiger partial charge in [0.15, 0.2) is 11.5 Å². The van der Waals surface area contributed by atoms with Gasteiger partial charge in [0.1, 0.15) is 5.82 Å². The predicted octanol–water partition coefficient (Wildman–Crippen LogP) is 1.39. The highest BCUT2D eigenvalue weighted by Gasteiger charge is 2.37. The molecule has 1 amide bonds. The highest BCUT2D eigenvalue weighted by atomic mass is 19.1. The zero-order valence-electron chi connectivity index (χ0n) is 14.3. The van der Waals surface area contributed by atoms with E-state index in [1.54, 1.807) is 4.90 Å². The first-order valence-corrected chi connectivity index (χ1v) is 8.07. The molecule has 0 N–H and O–H groups in total. The quantitative estimate of drug-likeness (QED) is 0.834. The van der Waals surface area contributed by atoms with Crippen molar-refractivity contribution in [2.45, 2.75) is 18.6 Å². The molecule has 0 aromatic heterocycles. The number of ether oxygens (including phenoxy) is 3. The van der Waals surface area contributed by atoms with Crippen LogP contribution in [0.3, 0.4) is 0 Å². The number of amides is 1. The zero-order chi connectivity index (χ0) is 17.3. The minimum atomic E-state index is -0.604. The molecule has 2 aliphatic rings. The molecule has 0 aliphatic carbocycles. The number of carbonyl (C=O) groups is 1. The number of likely N-dealkylation sites (N-methyl/N-ethyl adjacent to an activating group) is 1. The molecule has 0 unspecified atom stereocenters. The molecule has 2 fully saturated rings. The fraction of sp³-hybridized carbons (Fsp3) is 0.588. The zero-order valence-corrected chi connectivity index (χ0v) is 14.3. The number of morpholine rings is 1. The Labute approximate surface area is 141 Å². The van der Waals surface area contributed by atoms with Crippen LogP contribution in [0.2, 0.25) is 0 Å². The molecule has 24 heavy (non-hydrogen) atoms. The number of likely N-dealkylation sites (tertiary alicyclic amines) is 1. The van der Waals surface area contributed by atoms with Crippen LogP contribution in [-0.4, -0.2) is 75.4 Å². The van der Waals surface area contributed by atoms with Gasteiger partial charge in [0.05, 0.1) is 38.5 Å². The Morgan fingerprint density at radius 3 is 2.67 bits per heavy atom. The summed E-state index contributed by atoms with van der Waals surface area (Å²) in [4.78, 5) is 16.7. The standard InChI is InChI=1S/C17H23FN2O4/c1-19-6-7-24-14-4-5-20(10-13(14)19)17(21)11-8-15(22-2)16(23-3)9-12(11)18/h8-9,13-14H,4-7,10H2,1-3H3/t13-,14+/m1/s1.